The number of halogens is 1. The molecule has 0 aliphatic carbocycles. The molecule has 0 heterocycles. The molecule has 1 aromatic rings. The SMILES string of the molecule is CCNC(=NCC(=O)NC(C)(C)C)NCCC(=O)NCc1ccccc1.I. The van der Waals surface area contributed by atoms with Crippen LogP contribution >= 0.6 is 24.0 Å². The van der Waals surface area contributed by atoms with Gasteiger partial charge in [-0.25, -0.2) is 4.99 Å². The van der Waals surface area contributed by atoms with Gasteiger partial charge < -0.3 is 21.3 Å². The first-order chi connectivity index (χ1) is 12.3. The van der Waals surface area contributed by atoms with Crippen LogP contribution in [-0.4, -0.2) is 42.9 Å². The molecule has 0 unspecified atom stereocenters. The van der Waals surface area contributed by atoms with Gasteiger partial charge in [-0.05, 0) is 33.3 Å². The summed E-state index contributed by atoms with van der Waals surface area (Å²) in [6.07, 6.45) is 0.325. The van der Waals surface area contributed by atoms with Crippen LogP contribution < -0.4 is 21.3 Å². The van der Waals surface area contributed by atoms with Gasteiger partial charge in [0, 0.05) is 31.6 Å². The van der Waals surface area contributed by atoms with E-state index in [4.69, 9.17) is 0 Å². The van der Waals surface area contributed by atoms with E-state index in [9.17, 15) is 9.59 Å². The number of hydrogen-bond acceptors (Lipinski definition) is 3. The number of rotatable bonds is 8. The molecule has 0 aliphatic heterocycles. The van der Waals surface area contributed by atoms with E-state index in [1.807, 2.05) is 58.0 Å². The van der Waals surface area contributed by atoms with Gasteiger partial charge in [-0.1, -0.05) is 30.3 Å². The van der Waals surface area contributed by atoms with Gasteiger partial charge in [-0.2, -0.15) is 0 Å². The topological polar surface area (TPSA) is 94.6 Å². The zero-order valence-electron chi connectivity index (χ0n) is 16.6. The molecule has 4 N–H and O–H groups in total. The third kappa shape index (κ3) is 13.0. The van der Waals surface area contributed by atoms with E-state index in [1.54, 1.807) is 0 Å². The molecule has 0 atom stereocenters. The van der Waals surface area contributed by atoms with Gasteiger partial charge in [0.1, 0.15) is 6.54 Å². The molecule has 1 aromatic carbocycles. The average Bonchev–Trinajstić information content (AvgIpc) is 2.57. The number of nitrogens with zero attached hydrogens (tertiary/aromatic N) is 1. The van der Waals surface area contributed by atoms with Crippen molar-refractivity contribution in [2.45, 2.75) is 46.2 Å². The second-order valence-electron chi connectivity index (χ2n) is 6.93. The zero-order chi connectivity index (χ0) is 19.4. The minimum absolute atomic E-state index is 0. The molecule has 0 spiro atoms. The van der Waals surface area contributed by atoms with E-state index in [0.717, 1.165) is 5.56 Å². The van der Waals surface area contributed by atoms with E-state index in [2.05, 4.69) is 26.3 Å². The van der Waals surface area contributed by atoms with E-state index in [1.165, 1.54) is 0 Å². The van der Waals surface area contributed by atoms with Crippen LogP contribution in [0.1, 0.15) is 39.7 Å². The number of carbonyl (C=O) groups is 2. The Morgan fingerprint density at radius 3 is 2.26 bits per heavy atom. The summed E-state index contributed by atoms with van der Waals surface area (Å²) in [7, 11) is 0. The summed E-state index contributed by atoms with van der Waals surface area (Å²) in [6.45, 7) is 9.37. The number of hydrogen-bond donors (Lipinski definition) is 4. The molecule has 1 rings (SSSR count). The van der Waals surface area contributed by atoms with E-state index in [0.29, 0.717) is 32.0 Å². The quantitative estimate of drug-likeness (QED) is 0.255. The fraction of sp³-hybridized carbons (Fsp3) is 0.526. The summed E-state index contributed by atoms with van der Waals surface area (Å²) in [5.41, 5.74) is 0.781. The number of carbonyl (C=O) groups excluding carboxylic acids is 2. The Morgan fingerprint density at radius 2 is 1.67 bits per heavy atom. The number of amides is 2. The summed E-state index contributed by atoms with van der Waals surface area (Å²) in [6, 6.07) is 9.77. The Kier molecular flexibility index (Phi) is 12.4. The Balaban J connectivity index is 0.00000676. The van der Waals surface area contributed by atoms with Gasteiger partial charge in [-0.3, -0.25) is 9.59 Å². The van der Waals surface area contributed by atoms with Crippen LogP contribution in [0.15, 0.2) is 35.3 Å². The molecule has 0 saturated carbocycles. The number of aliphatic imine (C=N–C) groups is 1. The molecule has 0 saturated heterocycles. The highest BCUT2D eigenvalue weighted by molar-refractivity contribution is 14.0. The first-order valence-electron chi connectivity index (χ1n) is 8.94. The van der Waals surface area contributed by atoms with Gasteiger partial charge in [0.25, 0.3) is 0 Å². The summed E-state index contributed by atoms with van der Waals surface area (Å²) in [5, 5.41) is 11.9. The standard InChI is InChI=1S/C19H31N5O2.HI/c1-5-20-18(23-14-17(26)24-19(2,3)4)21-12-11-16(25)22-13-15-9-7-6-8-10-15;/h6-10H,5,11-14H2,1-4H3,(H,22,25)(H,24,26)(H2,20,21,23);1H. The highest BCUT2D eigenvalue weighted by atomic mass is 127. The van der Waals surface area contributed by atoms with Gasteiger partial charge in [0.15, 0.2) is 5.96 Å². The van der Waals surface area contributed by atoms with E-state index < -0.39 is 0 Å². The molecule has 27 heavy (non-hydrogen) atoms. The summed E-state index contributed by atoms with van der Waals surface area (Å²) < 4.78 is 0. The lowest BCUT2D eigenvalue weighted by molar-refractivity contribution is -0.122. The molecular weight excluding hydrogens is 457 g/mol. The van der Waals surface area contributed by atoms with Crippen LogP contribution in [-0.2, 0) is 16.1 Å². The summed E-state index contributed by atoms with van der Waals surface area (Å²) in [4.78, 5) is 28.0. The smallest absolute Gasteiger partial charge is 0.242 e. The second-order valence-corrected chi connectivity index (χ2v) is 6.93. The number of guanidine groups is 1. The van der Waals surface area contributed by atoms with Gasteiger partial charge >= 0.3 is 0 Å². The van der Waals surface area contributed by atoms with Crippen LogP contribution in [0.5, 0.6) is 0 Å². The van der Waals surface area contributed by atoms with Crippen molar-refractivity contribution in [3.63, 3.8) is 0 Å². The van der Waals surface area contributed by atoms with Crippen molar-refractivity contribution in [2.75, 3.05) is 19.6 Å². The monoisotopic (exact) mass is 489 g/mol. The average molecular weight is 489 g/mol. The van der Waals surface area contributed by atoms with Crippen molar-refractivity contribution in [3.8, 4) is 0 Å². The lowest BCUT2D eigenvalue weighted by Crippen LogP contribution is -2.43. The summed E-state index contributed by atoms with van der Waals surface area (Å²) >= 11 is 0. The number of nitrogens with one attached hydrogen (secondary N) is 4. The maximum atomic E-state index is 11.9. The van der Waals surface area contributed by atoms with Gasteiger partial charge in [-0.15, -0.1) is 24.0 Å². The van der Waals surface area contributed by atoms with E-state index >= 15 is 0 Å². The molecule has 0 fully saturated rings. The van der Waals surface area contributed by atoms with Crippen LogP contribution in [0.25, 0.3) is 0 Å². The molecule has 0 radical (unpaired) electrons. The maximum Gasteiger partial charge on any atom is 0.242 e. The molecule has 0 bridgehead atoms. The van der Waals surface area contributed by atoms with Crippen molar-refractivity contribution in [3.05, 3.63) is 35.9 Å². The molecule has 8 heteroatoms. The first-order valence-corrected chi connectivity index (χ1v) is 8.94. The minimum atomic E-state index is -0.283. The fourth-order valence-electron chi connectivity index (χ4n) is 2.13. The minimum Gasteiger partial charge on any atom is -0.357 e. The van der Waals surface area contributed by atoms with Crippen molar-refractivity contribution >= 4 is 41.8 Å². The third-order valence-electron chi connectivity index (χ3n) is 3.22. The zero-order valence-corrected chi connectivity index (χ0v) is 18.9. The van der Waals surface area contributed by atoms with E-state index in [-0.39, 0.29) is 47.9 Å². The maximum absolute atomic E-state index is 11.9. The Hall–Kier alpha value is -1.84. The molecule has 2 amide bonds. The third-order valence-corrected chi connectivity index (χ3v) is 3.22. The van der Waals surface area contributed by atoms with Crippen molar-refractivity contribution < 1.29 is 9.59 Å². The lowest BCUT2D eigenvalue weighted by atomic mass is 10.1. The highest BCUT2D eigenvalue weighted by Crippen LogP contribution is 1.98. The number of benzene rings is 1. The van der Waals surface area contributed by atoms with Gasteiger partial charge in [0.05, 0.1) is 0 Å². The molecule has 152 valence electrons. The second kappa shape index (κ2) is 13.3. The van der Waals surface area contributed by atoms with Crippen LogP contribution in [0.2, 0.25) is 0 Å². The Labute approximate surface area is 179 Å². The Morgan fingerprint density at radius 1 is 1.00 bits per heavy atom. The predicted octanol–water partition coefficient (Wildman–Crippen LogP) is 1.78. The molecule has 0 aromatic heterocycles. The summed E-state index contributed by atoms with van der Waals surface area (Å²) in [5.74, 6) is 0.338. The van der Waals surface area contributed by atoms with Crippen molar-refractivity contribution in [1.29, 1.82) is 0 Å². The molecule has 0 aliphatic rings. The molecule has 7 nitrogen and oxygen atoms in total. The fourth-order valence-corrected chi connectivity index (χ4v) is 2.13. The normalized spacial score (nSPS) is 11.2. The van der Waals surface area contributed by atoms with Crippen LogP contribution in [0, 0.1) is 0 Å². The largest absolute Gasteiger partial charge is 0.357 e. The molecular formula is C19H32IN5O2. The van der Waals surface area contributed by atoms with Gasteiger partial charge in [0.2, 0.25) is 11.8 Å². The highest BCUT2D eigenvalue weighted by Gasteiger charge is 2.13. The van der Waals surface area contributed by atoms with Crippen molar-refractivity contribution in [1.82, 2.24) is 21.3 Å². The van der Waals surface area contributed by atoms with Crippen molar-refractivity contribution in [2.24, 2.45) is 4.99 Å². The van der Waals surface area contributed by atoms with Crippen LogP contribution in [0.4, 0.5) is 0 Å². The van der Waals surface area contributed by atoms with Crippen LogP contribution in [0.3, 0.4) is 0 Å². The first kappa shape index (κ1) is 25.2. The Bertz CT molecular complexity index is 600. The predicted molar refractivity (Wildman–Crippen MR) is 120 cm³/mol. The lowest BCUT2D eigenvalue weighted by Gasteiger charge is -2.20.